The van der Waals surface area contributed by atoms with Crippen LogP contribution in [0.2, 0.25) is 0 Å². The molecular weight excluding hydrogens is 336 g/mol. The first-order valence-corrected chi connectivity index (χ1v) is 9.87. The number of amides is 1. The molecular formula is C19H20N2O3S. The molecule has 0 aromatic heterocycles. The monoisotopic (exact) mass is 356 g/mol. The zero-order valence-electron chi connectivity index (χ0n) is 14.3. The van der Waals surface area contributed by atoms with Crippen molar-refractivity contribution >= 4 is 27.3 Å². The molecule has 2 aliphatic heterocycles. The second kappa shape index (κ2) is 5.59. The Morgan fingerprint density at radius 2 is 1.84 bits per heavy atom. The molecule has 0 fully saturated rings. The molecule has 0 unspecified atom stereocenters. The number of benzene rings is 2. The molecule has 1 atom stereocenters. The maximum Gasteiger partial charge on any atom is 0.264 e. The van der Waals surface area contributed by atoms with Crippen molar-refractivity contribution in [3.05, 3.63) is 53.6 Å². The Bertz CT molecular complexity index is 968. The molecule has 2 aliphatic rings. The molecule has 0 bridgehead atoms. The van der Waals surface area contributed by atoms with E-state index in [1.54, 1.807) is 23.1 Å². The van der Waals surface area contributed by atoms with Gasteiger partial charge in [0, 0.05) is 25.2 Å². The number of hydrogen-bond donors (Lipinski definition) is 0. The molecule has 2 heterocycles. The van der Waals surface area contributed by atoms with Crippen LogP contribution in [0.15, 0.2) is 47.4 Å². The van der Waals surface area contributed by atoms with Crippen molar-refractivity contribution in [2.24, 2.45) is 0 Å². The summed E-state index contributed by atoms with van der Waals surface area (Å²) < 4.78 is 28.1. The highest BCUT2D eigenvalue weighted by atomic mass is 32.2. The summed E-state index contributed by atoms with van der Waals surface area (Å²) in [5.74, 6) is -0.0172. The summed E-state index contributed by atoms with van der Waals surface area (Å²) in [5, 5.41) is 0. The number of anilines is 2. The minimum absolute atomic E-state index is 0.0172. The maximum absolute atomic E-state index is 13.3. The first kappa shape index (κ1) is 16.1. The number of carbonyl (C=O) groups excluding carboxylic acids is 1. The molecule has 2 aromatic rings. The lowest BCUT2D eigenvalue weighted by molar-refractivity contribution is -0.116. The van der Waals surface area contributed by atoms with Gasteiger partial charge in [-0.2, -0.15) is 0 Å². The van der Waals surface area contributed by atoms with Crippen molar-refractivity contribution in [1.29, 1.82) is 0 Å². The molecule has 0 saturated carbocycles. The van der Waals surface area contributed by atoms with Crippen molar-refractivity contribution < 1.29 is 13.2 Å². The number of para-hydroxylation sites is 1. The summed E-state index contributed by atoms with van der Waals surface area (Å²) in [6.45, 7) is 4.07. The van der Waals surface area contributed by atoms with Crippen LogP contribution >= 0.6 is 0 Å². The highest BCUT2D eigenvalue weighted by Crippen LogP contribution is 2.38. The Balaban J connectivity index is 1.76. The number of nitrogens with zero attached hydrogens (tertiary/aromatic N) is 2. The van der Waals surface area contributed by atoms with Crippen molar-refractivity contribution in [3.63, 3.8) is 0 Å². The molecule has 0 saturated heterocycles. The van der Waals surface area contributed by atoms with Crippen LogP contribution in [0.4, 0.5) is 11.4 Å². The smallest absolute Gasteiger partial charge is 0.264 e. The fraction of sp³-hybridized carbons (Fsp3) is 0.316. The number of hydrogen-bond acceptors (Lipinski definition) is 3. The van der Waals surface area contributed by atoms with Crippen LogP contribution in [0, 0.1) is 0 Å². The molecule has 0 spiro atoms. The summed E-state index contributed by atoms with van der Waals surface area (Å²) in [6.07, 6.45) is 1.41. The quantitative estimate of drug-likeness (QED) is 0.831. The average molecular weight is 356 g/mol. The average Bonchev–Trinajstić information content (AvgIpc) is 3.14. The van der Waals surface area contributed by atoms with Gasteiger partial charge in [-0.3, -0.25) is 9.10 Å². The van der Waals surface area contributed by atoms with Crippen molar-refractivity contribution in [2.45, 2.75) is 37.6 Å². The van der Waals surface area contributed by atoms with E-state index >= 15 is 0 Å². The van der Waals surface area contributed by atoms with Gasteiger partial charge < -0.3 is 4.90 Å². The molecule has 2 aromatic carbocycles. The van der Waals surface area contributed by atoms with Crippen LogP contribution < -0.4 is 9.21 Å². The summed E-state index contributed by atoms with van der Waals surface area (Å²) in [4.78, 5) is 13.7. The van der Waals surface area contributed by atoms with Crippen molar-refractivity contribution in [1.82, 2.24) is 0 Å². The predicted molar refractivity (Wildman–Crippen MR) is 97.4 cm³/mol. The number of fused-ring (bicyclic) bond motifs is 2. The predicted octanol–water partition coefficient (Wildman–Crippen LogP) is 2.74. The van der Waals surface area contributed by atoms with E-state index in [1.807, 2.05) is 31.2 Å². The zero-order valence-corrected chi connectivity index (χ0v) is 15.1. The second-order valence-electron chi connectivity index (χ2n) is 6.69. The lowest BCUT2D eigenvalue weighted by atomic mass is 10.1. The van der Waals surface area contributed by atoms with Gasteiger partial charge in [0.05, 0.1) is 10.6 Å². The van der Waals surface area contributed by atoms with Gasteiger partial charge in [-0.1, -0.05) is 18.2 Å². The van der Waals surface area contributed by atoms with E-state index in [0.29, 0.717) is 17.9 Å². The topological polar surface area (TPSA) is 57.7 Å². The van der Waals surface area contributed by atoms with Crippen LogP contribution in [0.3, 0.4) is 0 Å². The normalized spacial score (nSPS) is 19.0. The number of sulfonamides is 1. The van der Waals surface area contributed by atoms with Crippen LogP contribution in [-0.4, -0.2) is 26.9 Å². The summed E-state index contributed by atoms with van der Waals surface area (Å²) in [6, 6.07) is 12.6. The zero-order chi connectivity index (χ0) is 17.8. The largest absolute Gasteiger partial charge is 0.312 e. The van der Waals surface area contributed by atoms with E-state index in [9.17, 15) is 13.2 Å². The Morgan fingerprint density at radius 3 is 2.60 bits per heavy atom. The Hall–Kier alpha value is -2.34. The van der Waals surface area contributed by atoms with E-state index < -0.39 is 10.0 Å². The lowest BCUT2D eigenvalue weighted by Gasteiger charge is -2.25. The molecule has 0 aliphatic carbocycles. The molecule has 0 N–H and O–H groups in total. The molecule has 5 nitrogen and oxygen atoms in total. The number of carbonyl (C=O) groups is 1. The second-order valence-corrected chi connectivity index (χ2v) is 8.51. The molecule has 1 amide bonds. The number of rotatable bonds is 2. The third kappa shape index (κ3) is 2.43. The molecule has 25 heavy (non-hydrogen) atoms. The standard InChI is InChI=1S/C19H20N2O3S/c1-13-11-15-5-3-4-6-19(15)21(13)25(23,24)17-7-8-18-16(12-17)9-10-20(18)14(2)22/h3-8,12-13H,9-11H2,1-2H3/t13-/m1/s1. The van der Waals surface area contributed by atoms with Gasteiger partial charge in [-0.25, -0.2) is 8.42 Å². The van der Waals surface area contributed by atoms with Gasteiger partial charge >= 0.3 is 0 Å². The third-order valence-electron chi connectivity index (χ3n) is 5.03. The lowest BCUT2D eigenvalue weighted by Crippen LogP contribution is -2.35. The SMILES string of the molecule is CC(=O)N1CCc2cc(S(=O)(=O)N3c4ccccc4C[C@H]3C)ccc21. The molecule has 130 valence electrons. The summed E-state index contributed by atoms with van der Waals surface area (Å²) in [7, 11) is -3.63. The van der Waals surface area contributed by atoms with E-state index in [0.717, 1.165) is 28.9 Å². The van der Waals surface area contributed by atoms with Crippen molar-refractivity contribution in [2.75, 3.05) is 15.7 Å². The fourth-order valence-electron chi connectivity index (χ4n) is 3.88. The summed E-state index contributed by atoms with van der Waals surface area (Å²) in [5.41, 5.74) is 3.56. The van der Waals surface area contributed by atoms with Gasteiger partial charge in [0.2, 0.25) is 5.91 Å². The highest BCUT2D eigenvalue weighted by molar-refractivity contribution is 7.92. The van der Waals surface area contributed by atoms with Crippen molar-refractivity contribution in [3.8, 4) is 0 Å². The first-order chi connectivity index (χ1) is 11.9. The van der Waals surface area contributed by atoms with Gasteiger partial charge in [0.25, 0.3) is 10.0 Å². The molecule has 4 rings (SSSR count). The van der Waals surface area contributed by atoms with Gasteiger partial charge in [0.1, 0.15) is 0 Å². The maximum atomic E-state index is 13.3. The van der Waals surface area contributed by atoms with Gasteiger partial charge in [0.15, 0.2) is 0 Å². The Morgan fingerprint density at radius 1 is 1.08 bits per heavy atom. The molecule has 6 heteroatoms. The van der Waals surface area contributed by atoms with Crippen LogP contribution in [0.25, 0.3) is 0 Å². The molecule has 0 radical (unpaired) electrons. The van der Waals surface area contributed by atoms with E-state index in [-0.39, 0.29) is 11.9 Å². The first-order valence-electron chi connectivity index (χ1n) is 8.43. The summed E-state index contributed by atoms with van der Waals surface area (Å²) >= 11 is 0. The van der Waals surface area contributed by atoms with E-state index in [4.69, 9.17) is 0 Å². The fourth-order valence-corrected chi connectivity index (χ4v) is 5.63. The Kier molecular flexibility index (Phi) is 3.61. The highest BCUT2D eigenvalue weighted by Gasteiger charge is 2.36. The van der Waals surface area contributed by atoms with E-state index in [2.05, 4.69) is 0 Å². The van der Waals surface area contributed by atoms with Crippen LogP contribution in [-0.2, 0) is 27.7 Å². The van der Waals surface area contributed by atoms with Gasteiger partial charge in [-0.15, -0.1) is 0 Å². The van der Waals surface area contributed by atoms with Crippen LogP contribution in [0.1, 0.15) is 25.0 Å². The van der Waals surface area contributed by atoms with Gasteiger partial charge in [-0.05, 0) is 55.2 Å². The Labute approximate surface area is 147 Å². The van der Waals surface area contributed by atoms with E-state index in [1.165, 1.54) is 11.2 Å². The van der Waals surface area contributed by atoms with Crippen LogP contribution in [0.5, 0.6) is 0 Å². The third-order valence-corrected chi connectivity index (χ3v) is 6.95. The minimum atomic E-state index is -3.63. The minimum Gasteiger partial charge on any atom is -0.312 e.